The third kappa shape index (κ3) is 2.14. The van der Waals surface area contributed by atoms with Gasteiger partial charge in [-0.05, 0) is 18.6 Å². The van der Waals surface area contributed by atoms with Gasteiger partial charge in [-0.3, -0.25) is 14.3 Å². The van der Waals surface area contributed by atoms with Gasteiger partial charge >= 0.3 is 0 Å². The highest BCUT2D eigenvalue weighted by Crippen LogP contribution is 2.30. The second-order valence-corrected chi connectivity index (χ2v) is 4.98. The van der Waals surface area contributed by atoms with Gasteiger partial charge in [-0.15, -0.1) is 0 Å². The molecule has 6 heteroatoms. The predicted octanol–water partition coefficient (Wildman–Crippen LogP) is 1.93. The molecule has 0 bridgehead atoms. The molecule has 0 spiro atoms. The van der Waals surface area contributed by atoms with Crippen molar-refractivity contribution in [3.63, 3.8) is 0 Å². The molecule has 21 heavy (non-hydrogen) atoms. The van der Waals surface area contributed by atoms with Crippen LogP contribution in [-0.4, -0.2) is 27.8 Å². The smallest absolute Gasteiger partial charge is 0.277 e. The van der Waals surface area contributed by atoms with Crippen LogP contribution < -0.4 is 5.32 Å². The van der Waals surface area contributed by atoms with E-state index in [0.717, 1.165) is 22.4 Å². The number of amides is 2. The number of carbonyl (C=O) groups excluding carboxylic acids is 2. The number of aromatic nitrogens is 2. The number of hydrogen-bond acceptors (Lipinski definition) is 3. The van der Waals surface area contributed by atoms with E-state index in [4.69, 9.17) is 0 Å². The molecule has 0 saturated heterocycles. The van der Waals surface area contributed by atoms with E-state index in [1.54, 1.807) is 17.0 Å². The zero-order valence-corrected chi connectivity index (χ0v) is 12.0. The van der Waals surface area contributed by atoms with E-state index in [-0.39, 0.29) is 11.8 Å². The summed E-state index contributed by atoms with van der Waals surface area (Å²) in [6.07, 6.45) is 1.60. The molecule has 0 unspecified atom stereocenters. The van der Waals surface area contributed by atoms with E-state index in [9.17, 15) is 9.59 Å². The van der Waals surface area contributed by atoms with Crippen molar-refractivity contribution in [3.8, 4) is 11.3 Å². The van der Waals surface area contributed by atoms with Gasteiger partial charge in [0.1, 0.15) is 0 Å². The molecule has 0 atom stereocenters. The first kappa shape index (κ1) is 13.2. The molecule has 1 aromatic heterocycles. The number of anilines is 1. The number of carbonyl (C=O) groups is 2. The number of benzene rings is 1. The van der Waals surface area contributed by atoms with Gasteiger partial charge in [-0.25, -0.2) is 4.99 Å². The normalized spacial score (nSPS) is 12.6. The molecule has 2 aromatic rings. The van der Waals surface area contributed by atoms with Crippen LogP contribution in [0.4, 0.5) is 5.82 Å². The molecule has 1 aliphatic heterocycles. The third-order valence-corrected chi connectivity index (χ3v) is 3.52. The molecule has 0 saturated carbocycles. The lowest BCUT2D eigenvalue weighted by atomic mass is 9.97. The second-order valence-electron chi connectivity index (χ2n) is 4.98. The van der Waals surface area contributed by atoms with Crippen LogP contribution in [0.5, 0.6) is 0 Å². The van der Waals surface area contributed by atoms with Crippen molar-refractivity contribution < 1.29 is 9.59 Å². The zero-order chi connectivity index (χ0) is 15.1. The maximum Gasteiger partial charge on any atom is 0.277 e. The molecule has 0 radical (unpaired) electrons. The molecule has 6 nitrogen and oxygen atoms in total. The molecule has 2 heterocycles. The first-order valence-electron chi connectivity index (χ1n) is 6.51. The molecule has 3 rings (SSSR count). The topological polar surface area (TPSA) is 76.3 Å². The van der Waals surface area contributed by atoms with Gasteiger partial charge in [0, 0.05) is 37.4 Å². The summed E-state index contributed by atoms with van der Waals surface area (Å²) in [5.74, 6) is 0.135. The van der Waals surface area contributed by atoms with E-state index in [1.807, 2.05) is 26.1 Å². The maximum atomic E-state index is 11.6. The average molecular weight is 282 g/mol. The highest BCUT2D eigenvalue weighted by Gasteiger charge is 2.20. The lowest BCUT2D eigenvalue weighted by molar-refractivity contribution is -0.114. The van der Waals surface area contributed by atoms with Crippen LogP contribution in [0.15, 0.2) is 23.2 Å². The molecule has 2 amide bonds. The number of aryl methyl sites for hydroxylation is 1. The van der Waals surface area contributed by atoms with Gasteiger partial charge in [-0.2, -0.15) is 5.10 Å². The first-order valence-corrected chi connectivity index (χ1v) is 6.51. The summed E-state index contributed by atoms with van der Waals surface area (Å²) < 4.78 is 1.70. The van der Waals surface area contributed by atoms with Crippen molar-refractivity contribution in [2.24, 2.45) is 12.0 Å². The number of rotatable bonds is 2. The van der Waals surface area contributed by atoms with Crippen molar-refractivity contribution in [2.75, 3.05) is 5.32 Å². The van der Waals surface area contributed by atoms with Crippen LogP contribution in [0.25, 0.3) is 11.3 Å². The Morgan fingerprint density at radius 2 is 2.00 bits per heavy atom. The summed E-state index contributed by atoms with van der Waals surface area (Å²) in [5, 5.41) is 6.92. The van der Waals surface area contributed by atoms with Crippen LogP contribution in [0, 0.1) is 6.92 Å². The Balaban J connectivity index is 2.10. The van der Waals surface area contributed by atoms with Crippen molar-refractivity contribution in [3.05, 3.63) is 34.9 Å². The molecule has 1 aromatic carbocycles. The van der Waals surface area contributed by atoms with E-state index < -0.39 is 0 Å². The summed E-state index contributed by atoms with van der Waals surface area (Å²) in [5.41, 5.74) is 4.27. The number of aliphatic imine (C=N–C) groups is 1. The van der Waals surface area contributed by atoms with E-state index >= 15 is 0 Å². The zero-order valence-electron chi connectivity index (χ0n) is 12.0. The van der Waals surface area contributed by atoms with Crippen molar-refractivity contribution in [1.29, 1.82) is 0 Å². The third-order valence-electron chi connectivity index (χ3n) is 3.52. The molecule has 106 valence electrons. The monoisotopic (exact) mass is 282 g/mol. The Labute approximate surface area is 121 Å². The van der Waals surface area contributed by atoms with Crippen LogP contribution in [0.1, 0.15) is 28.4 Å². The Morgan fingerprint density at radius 3 is 2.71 bits per heavy atom. The van der Waals surface area contributed by atoms with Gasteiger partial charge in [0.2, 0.25) is 5.91 Å². The number of fused-ring (bicyclic) bond motifs is 1. The van der Waals surface area contributed by atoms with Crippen LogP contribution in [0.2, 0.25) is 0 Å². The Bertz CT molecular complexity index is 802. The lowest BCUT2D eigenvalue weighted by Gasteiger charge is -2.09. The number of nitrogens with one attached hydrogen (secondary N) is 1. The van der Waals surface area contributed by atoms with Gasteiger partial charge in [0.15, 0.2) is 5.82 Å². The summed E-state index contributed by atoms with van der Waals surface area (Å²) in [6.45, 7) is 3.39. The van der Waals surface area contributed by atoms with Gasteiger partial charge < -0.3 is 5.32 Å². The van der Waals surface area contributed by atoms with Crippen LogP contribution in [0.3, 0.4) is 0 Å². The SMILES string of the molecule is CC(=O)Nc1cc(-c2ccc3c(c2C)C=NC3=O)n(C)n1. The van der Waals surface area contributed by atoms with E-state index in [2.05, 4.69) is 15.4 Å². The molecule has 0 fully saturated rings. The quantitative estimate of drug-likeness (QED) is 0.914. The summed E-state index contributed by atoms with van der Waals surface area (Å²) in [4.78, 5) is 26.5. The van der Waals surface area contributed by atoms with Gasteiger partial charge in [-0.1, -0.05) is 6.07 Å². The lowest BCUT2D eigenvalue weighted by Crippen LogP contribution is -2.06. The fourth-order valence-electron chi connectivity index (χ4n) is 2.51. The molecular weight excluding hydrogens is 268 g/mol. The van der Waals surface area contributed by atoms with Gasteiger partial charge in [0.05, 0.1) is 11.3 Å². The fraction of sp³-hybridized carbons (Fsp3) is 0.200. The molecule has 1 aliphatic rings. The highest BCUT2D eigenvalue weighted by molar-refractivity contribution is 6.14. The molecule has 0 aliphatic carbocycles. The van der Waals surface area contributed by atoms with Crippen LogP contribution >= 0.6 is 0 Å². The number of hydrogen-bond donors (Lipinski definition) is 1. The highest BCUT2D eigenvalue weighted by atomic mass is 16.2. The second kappa shape index (κ2) is 4.66. The first-order chi connectivity index (χ1) is 9.97. The predicted molar refractivity (Wildman–Crippen MR) is 79.6 cm³/mol. The van der Waals surface area contributed by atoms with E-state index in [1.165, 1.54) is 6.92 Å². The molecular formula is C15H14N4O2. The summed E-state index contributed by atoms with van der Waals surface area (Å²) in [6, 6.07) is 5.47. The average Bonchev–Trinajstić information content (AvgIpc) is 2.94. The minimum absolute atomic E-state index is 0.164. The van der Waals surface area contributed by atoms with Gasteiger partial charge in [0.25, 0.3) is 5.91 Å². The standard InChI is InChI=1S/C15H14N4O2/c1-8-10(4-5-11-12(8)7-16-15(11)21)13-6-14(17-9(2)20)18-19(13)3/h4-7H,1-3H3,(H,17,18,20). The van der Waals surface area contributed by atoms with E-state index in [0.29, 0.717) is 11.4 Å². The molecule has 1 N–H and O–H groups in total. The fourth-order valence-corrected chi connectivity index (χ4v) is 2.51. The van der Waals surface area contributed by atoms with Crippen molar-refractivity contribution in [2.45, 2.75) is 13.8 Å². The van der Waals surface area contributed by atoms with Crippen molar-refractivity contribution >= 4 is 23.8 Å². The summed E-state index contributed by atoms with van der Waals surface area (Å²) >= 11 is 0. The Morgan fingerprint density at radius 1 is 1.29 bits per heavy atom. The Hall–Kier alpha value is -2.76. The number of nitrogens with zero attached hydrogens (tertiary/aromatic N) is 3. The maximum absolute atomic E-state index is 11.6. The minimum atomic E-state index is -0.205. The minimum Gasteiger partial charge on any atom is -0.309 e. The van der Waals surface area contributed by atoms with Crippen LogP contribution in [-0.2, 0) is 11.8 Å². The largest absolute Gasteiger partial charge is 0.309 e. The van der Waals surface area contributed by atoms with Crippen molar-refractivity contribution in [1.82, 2.24) is 9.78 Å². The Kier molecular flexibility index (Phi) is 2.94. The summed E-state index contributed by atoms with van der Waals surface area (Å²) in [7, 11) is 1.81.